The third-order valence-corrected chi connectivity index (χ3v) is 5.18. The first kappa shape index (κ1) is 15.3. The van der Waals surface area contributed by atoms with E-state index in [1.807, 2.05) is 0 Å². The molecule has 0 aromatic carbocycles. The average Bonchev–Trinajstić information content (AvgIpc) is 3.09. The molecule has 6 heteroatoms. The quantitative estimate of drug-likeness (QED) is 0.720. The highest BCUT2D eigenvalue weighted by Crippen LogP contribution is 2.32. The second kappa shape index (κ2) is 6.11. The van der Waals surface area contributed by atoms with Crippen LogP contribution < -0.4 is 5.32 Å². The molecule has 1 aliphatic rings. The highest BCUT2D eigenvalue weighted by molar-refractivity contribution is 7.89. The summed E-state index contributed by atoms with van der Waals surface area (Å²) in [6, 6.07) is 2.22. The first-order valence-corrected chi connectivity index (χ1v) is 8.42. The molecule has 0 amide bonds. The van der Waals surface area contributed by atoms with Gasteiger partial charge in [-0.15, -0.1) is 6.58 Å². The number of rotatable bonds is 8. The maximum atomic E-state index is 12.6. The summed E-state index contributed by atoms with van der Waals surface area (Å²) < 4.78 is 26.7. The molecular weight excluding hydrogens is 274 g/mol. The van der Waals surface area contributed by atoms with Gasteiger partial charge in [0.1, 0.15) is 0 Å². The van der Waals surface area contributed by atoms with Crippen molar-refractivity contribution in [1.29, 1.82) is 0 Å². The third kappa shape index (κ3) is 3.50. The monoisotopic (exact) mass is 297 g/mol. The number of nitrogens with zero attached hydrogens (tertiary/aromatic N) is 1. The van der Waals surface area contributed by atoms with Gasteiger partial charge in [0.2, 0.25) is 10.0 Å². The number of aromatic amines is 1. The second-order valence-electron chi connectivity index (χ2n) is 5.49. The third-order valence-electron chi connectivity index (χ3n) is 3.29. The highest BCUT2D eigenvalue weighted by atomic mass is 32.2. The molecular formula is C14H23N3O2S. The SMILES string of the molecule is C=CCN(C1CC1)S(=O)(=O)c1c[nH]c(CNC(C)C)c1. The van der Waals surface area contributed by atoms with Crippen LogP contribution in [-0.2, 0) is 16.6 Å². The van der Waals surface area contributed by atoms with Crippen molar-refractivity contribution in [3.05, 3.63) is 30.6 Å². The summed E-state index contributed by atoms with van der Waals surface area (Å²) >= 11 is 0. The smallest absolute Gasteiger partial charge is 0.245 e. The summed E-state index contributed by atoms with van der Waals surface area (Å²) in [5, 5.41) is 3.26. The Labute approximate surface area is 121 Å². The highest BCUT2D eigenvalue weighted by Gasteiger charge is 2.37. The standard InChI is InChI=1S/C14H23N3O2S/c1-4-7-17(13-5-6-13)20(18,19)14-8-12(16-10-14)9-15-11(2)3/h4,8,10-11,13,15-16H,1,5-7,9H2,2-3H3. The number of aromatic nitrogens is 1. The van der Waals surface area contributed by atoms with Crippen molar-refractivity contribution in [2.45, 2.75) is 50.2 Å². The van der Waals surface area contributed by atoms with E-state index in [1.165, 1.54) is 0 Å². The predicted molar refractivity (Wildman–Crippen MR) is 79.9 cm³/mol. The molecule has 0 spiro atoms. The molecule has 0 saturated heterocycles. The van der Waals surface area contributed by atoms with Crippen LogP contribution in [0.25, 0.3) is 0 Å². The van der Waals surface area contributed by atoms with E-state index >= 15 is 0 Å². The summed E-state index contributed by atoms with van der Waals surface area (Å²) in [7, 11) is -3.41. The van der Waals surface area contributed by atoms with Crippen molar-refractivity contribution < 1.29 is 8.42 Å². The normalized spacial score (nSPS) is 16.0. The maximum Gasteiger partial charge on any atom is 0.245 e. The molecule has 1 heterocycles. The summed E-state index contributed by atoms with van der Waals surface area (Å²) in [4.78, 5) is 3.37. The van der Waals surface area contributed by atoms with Crippen molar-refractivity contribution in [1.82, 2.24) is 14.6 Å². The minimum absolute atomic E-state index is 0.144. The zero-order chi connectivity index (χ0) is 14.8. The zero-order valence-corrected chi connectivity index (χ0v) is 12.9. The van der Waals surface area contributed by atoms with Crippen molar-refractivity contribution in [3.63, 3.8) is 0 Å². The van der Waals surface area contributed by atoms with Crippen molar-refractivity contribution in [2.24, 2.45) is 0 Å². The predicted octanol–water partition coefficient (Wildman–Crippen LogP) is 1.85. The van der Waals surface area contributed by atoms with Crippen LogP contribution in [0.2, 0.25) is 0 Å². The van der Waals surface area contributed by atoms with Crippen molar-refractivity contribution in [2.75, 3.05) is 6.54 Å². The molecule has 0 atom stereocenters. The van der Waals surface area contributed by atoms with Gasteiger partial charge in [0.25, 0.3) is 0 Å². The van der Waals surface area contributed by atoms with Crippen LogP contribution in [0.1, 0.15) is 32.4 Å². The fourth-order valence-electron chi connectivity index (χ4n) is 2.05. The Kier molecular flexibility index (Phi) is 4.67. The Hall–Kier alpha value is -1.11. The van der Waals surface area contributed by atoms with E-state index < -0.39 is 10.0 Å². The van der Waals surface area contributed by atoms with Gasteiger partial charge in [0.05, 0.1) is 4.90 Å². The number of hydrogen-bond acceptors (Lipinski definition) is 3. The lowest BCUT2D eigenvalue weighted by Gasteiger charge is -2.19. The van der Waals surface area contributed by atoms with Gasteiger partial charge >= 0.3 is 0 Å². The van der Waals surface area contributed by atoms with Gasteiger partial charge in [-0.1, -0.05) is 19.9 Å². The Morgan fingerprint density at radius 2 is 2.25 bits per heavy atom. The van der Waals surface area contributed by atoms with Gasteiger partial charge < -0.3 is 10.3 Å². The number of H-pyrrole nitrogens is 1. The molecule has 0 bridgehead atoms. The molecule has 0 aliphatic heterocycles. The van der Waals surface area contributed by atoms with Crippen LogP contribution in [0.15, 0.2) is 29.8 Å². The van der Waals surface area contributed by atoms with Crippen molar-refractivity contribution in [3.8, 4) is 0 Å². The number of nitrogens with one attached hydrogen (secondary N) is 2. The number of sulfonamides is 1. The summed E-state index contributed by atoms with van der Waals surface area (Å²) in [5.41, 5.74) is 0.881. The van der Waals surface area contributed by atoms with Gasteiger partial charge in [-0.05, 0) is 18.9 Å². The van der Waals surface area contributed by atoms with E-state index in [2.05, 4.69) is 30.7 Å². The van der Waals surface area contributed by atoms with Gasteiger partial charge in [-0.25, -0.2) is 8.42 Å². The molecule has 0 radical (unpaired) electrons. The molecule has 20 heavy (non-hydrogen) atoms. The minimum atomic E-state index is -3.41. The topological polar surface area (TPSA) is 65.2 Å². The molecule has 1 aromatic rings. The minimum Gasteiger partial charge on any atom is -0.363 e. The molecule has 112 valence electrons. The van der Waals surface area contributed by atoms with Gasteiger partial charge in [-0.2, -0.15) is 4.31 Å². The lowest BCUT2D eigenvalue weighted by atomic mass is 10.3. The van der Waals surface area contributed by atoms with Crippen molar-refractivity contribution >= 4 is 10.0 Å². The van der Waals surface area contributed by atoms with Crippen LogP contribution in [0.5, 0.6) is 0 Å². The van der Waals surface area contributed by atoms with E-state index in [0.29, 0.717) is 24.0 Å². The molecule has 2 rings (SSSR count). The fraction of sp³-hybridized carbons (Fsp3) is 0.571. The lowest BCUT2D eigenvalue weighted by Crippen LogP contribution is -2.33. The Morgan fingerprint density at radius 1 is 1.55 bits per heavy atom. The van der Waals surface area contributed by atoms with E-state index in [9.17, 15) is 8.42 Å². The van der Waals surface area contributed by atoms with E-state index in [1.54, 1.807) is 22.6 Å². The van der Waals surface area contributed by atoms with Crippen LogP contribution in [0, 0.1) is 0 Å². The van der Waals surface area contributed by atoms with E-state index in [-0.39, 0.29) is 6.04 Å². The largest absolute Gasteiger partial charge is 0.363 e. The Balaban J connectivity index is 2.14. The summed E-state index contributed by atoms with van der Waals surface area (Å²) in [6.07, 6.45) is 5.10. The van der Waals surface area contributed by atoms with Gasteiger partial charge in [0.15, 0.2) is 0 Å². The molecule has 1 aromatic heterocycles. The molecule has 1 aliphatic carbocycles. The molecule has 1 fully saturated rings. The summed E-state index contributed by atoms with van der Waals surface area (Å²) in [6.45, 7) is 8.77. The van der Waals surface area contributed by atoms with Crippen LogP contribution in [0.4, 0.5) is 0 Å². The maximum absolute atomic E-state index is 12.6. The Bertz CT molecular complexity index is 559. The second-order valence-corrected chi connectivity index (χ2v) is 7.38. The average molecular weight is 297 g/mol. The Morgan fingerprint density at radius 3 is 2.80 bits per heavy atom. The first-order valence-electron chi connectivity index (χ1n) is 6.98. The fourth-order valence-corrected chi connectivity index (χ4v) is 3.73. The van der Waals surface area contributed by atoms with E-state index in [4.69, 9.17) is 0 Å². The first-order chi connectivity index (χ1) is 9.45. The zero-order valence-electron chi connectivity index (χ0n) is 12.1. The molecule has 1 saturated carbocycles. The molecule has 5 nitrogen and oxygen atoms in total. The molecule has 2 N–H and O–H groups in total. The van der Waals surface area contributed by atoms with Crippen LogP contribution in [0.3, 0.4) is 0 Å². The van der Waals surface area contributed by atoms with Gasteiger partial charge in [-0.3, -0.25) is 0 Å². The van der Waals surface area contributed by atoms with Crippen LogP contribution in [-0.4, -0.2) is 36.3 Å². The summed E-state index contributed by atoms with van der Waals surface area (Å²) in [5.74, 6) is 0. The van der Waals surface area contributed by atoms with Crippen LogP contribution >= 0.6 is 0 Å². The molecule has 0 unspecified atom stereocenters. The van der Waals surface area contributed by atoms with E-state index in [0.717, 1.165) is 18.5 Å². The number of hydrogen-bond donors (Lipinski definition) is 2. The lowest BCUT2D eigenvalue weighted by molar-refractivity contribution is 0.436. The van der Waals surface area contributed by atoms with Gasteiger partial charge in [0, 0.05) is 37.1 Å².